The zero-order chi connectivity index (χ0) is 40.6. The summed E-state index contributed by atoms with van der Waals surface area (Å²) in [4.78, 5) is 0. The first-order valence-electron chi connectivity index (χ1n) is 20.4. The summed E-state index contributed by atoms with van der Waals surface area (Å²) in [5.41, 5.74) is 14.8. The van der Waals surface area contributed by atoms with Crippen molar-refractivity contribution >= 4 is 65.4 Å². The number of benzene rings is 9. The number of nitriles is 2. The quantitative estimate of drug-likeness (QED) is 0.175. The third-order valence-corrected chi connectivity index (χ3v) is 12.3. The number of aromatic nitrogens is 3. The van der Waals surface area contributed by atoms with Gasteiger partial charge in [-0.3, -0.25) is 0 Å². The van der Waals surface area contributed by atoms with Gasteiger partial charge in [-0.25, -0.2) is 0 Å². The maximum absolute atomic E-state index is 9.94. The minimum atomic E-state index is 0.364. The van der Waals surface area contributed by atoms with E-state index in [9.17, 15) is 10.5 Å². The molecular formula is C56H33N5. The summed E-state index contributed by atoms with van der Waals surface area (Å²) in [5.74, 6) is 0. The van der Waals surface area contributed by atoms with E-state index in [0.717, 1.165) is 61.1 Å². The molecule has 0 unspecified atom stereocenters. The van der Waals surface area contributed by atoms with Crippen molar-refractivity contribution in [2.45, 2.75) is 0 Å². The molecule has 0 radical (unpaired) electrons. The average molecular weight is 776 g/mol. The van der Waals surface area contributed by atoms with Gasteiger partial charge in [-0.1, -0.05) is 115 Å². The zero-order valence-electron chi connectivity index (χ0n) is 32.8. The molecule has 0 aliphatic rings. The number of nitrogens with zero attached hydrogens (tertiary/aromatic N) is 5. The van der Waals surface area contributed by atoms with Gasteiger partial charge in [0, 0.05) is 49.4 Å². The Morgan fingerprint density at radius 3 is 1.16 bits per heavy atom. The van der Waals surface area contributed by atoms with Crippen LogP contribution in [0.5, 0.6) is 0 Å². The minimum Gasteiger partial charge on any atom is -0.309 e. The minimum absolute atomic E-state index is 0.364. The van der Waals surface area contributed by atoms with Gasteiger partial charge >= 0.3 is 0 Å². The summed E-state index contributed by atoms with van der Waals surface area (Å²) in [7, 11) is 0. The highest BCUT2D eigenvalue weighted by Gasteiger charge is 2.20. The fourth-order valence-corrected chi connectivity index (χ4v) is 9.64. The molecule has 61 heavy (non-hydrogen) atoms. The van der Waals surface area contributed by atoms with E-state index in [1.165, 1.54) is 43.6 Å². The molecule has 0 saturated carbocycles. The molecule has 0 N–H and O–H groups in total. The largest absolute Gasteiger partial charge is 0.309 e. The lowest BCUT2D eigenvalue weighted by molar-refractivity contribution is 1.16. The number of hydrogen-bond donors (Lipinski definition) is 0. The molecule has 12 aromatic rings. The Kier molecular flexibility index (Phi) is 7.59. The van der Waals surface area contributed by atoms with Crippen LogP contribution in [-0.4, -0.2) is 13.7 Å². The second kappa shape index (κ2) is 13.5. The van der Waals surface area contributed by atoms with E-state index >= 15 is 0 Å². The third-order valence-electron chi connectivity index (χ3n) is 12.3. The van der Waals surface area contributed by atoms with Crippen molar-refractivity contribution in [1.82, 2.24) is 13.7 Å². The van der Waals surface area contributed by atoms with Gasteiger partial charge in [-0.15, -0.1) is 0 Å². The van der Waals surface area contributed by atoms with Crippen LogP contribution in [0.15, 0.2) is 200 Å². The van der Waals surface area contributed by atoms with Crippen LogP contribution in [0.3, 0.4) is 0 Å². The molecule has 9 aromatic carbocycles. The van der Waals surface area contributed by atoms with Gasteiger partial charge in [0.25, 0.3) is 0 Å². The molecule has 0 aliphatic carbocycles. The van der Waals surface area contributed by atoms with Crippen molar-refractivity contribution in [3.63, 3.8) is 0 Å². The maximum atomic E-state index is 9.94. The highest BCUT2D eigenvalue weighted by molar-refractivity contribution is 6.14. The summed E-state index contributed by atoms with van der Waals surface area (Å²) < 4.78 is 7.16. The van der Waals surface area contributed by atoms with Crippen molar-refractivity contribution in [2.24, 2.45) is 0 Å². The smallest absolute Gasteiger partial charge is 0.101 e. The van der Waals surface area contributed by atoms with Gasteiger partial charge < -0.3 is 13.7 Å². The summed E-state index contributed by atoms with van der Waals surface area (Å²) >= 11 is 0. The molecule has 3 heterocycles. The topological polar surface area (TPSA) is 62.4 Å². The van der Waals surface area contributed by atoms with Crippen LogP contribution in [0.4, 0.5) is 0 Å². The van der Waals surface area contributed by atoms with Gasteiger partial charge in [-0.05, 0) is 107 Å². The first-order valence-corrected chi connectivity index (χ1v) is 20.4. The number of hydrogen-bond acceptors (Lipinski definition) is 2. The highest BCUT2D eigenvalue weighted by atomic mass is 15.0. The van der Waals surface area contributed by atoms with E-state index < -0.39 is 0 Å². The fourth-order valence-electron chi connectivity index (χ4n) is 9.64. The molecule has 0 bridgehead atoms. The van der Waals surface area contributed by atoms with Crippen LogP contribution in [0.2, 0.25) is 0 Å². The number of fused-ring (bicyclic) bond motifs is 9. The Labute approximate surface area is 351 Å². The average Bonchev–Trinajstić information content (AvgIpc) is 3.96. The number of para-hydroxylation sites is 4. The summed E-state index contributed by atoms with van der Waals surface area (Å²) in [5, 5.41) is 26.8. The lowest BCUT2D eigenvalue weighted by Gasteiger charge is -2.16. The third kappa shape index (κ3) is 5.18. The molecule has 0 amide bonds. The highest BCUT2D eigenvalue weighted by Crippen LogP contribution is 2.41. The summed E-state index contributed by atoms with van der Waals surface area (Å²) in [6.45, 7) is 0. The molecule has 282 valence electrons. The zero-order valence-corrected chi connectivity index (χ0v) is 32.8. The Morgan fingerprint density at radius 2 is 0.689 bits per heavy atom. The first kappa shape index (κ1) is 34.4. The van der Waals surface area contributed by atoms with Gasteiger partial charge in [0.1, 0.15) is 12.1 Å². The summed E-state index contributed by atoms with van der Waals surface area (Å²) in [6.07, 6.45) is 0. The molecular weight excluding hydrogens is 743 g/mol. The molecule has 0 fully saturated rings. The van der Waals surface area contributed by atoms with E-state index in [1.807, 2.05) is 18.2 Å². The summed E-state index contributed by atoms with van der Waals surface area (Å²) in [6, 6.07) is 75.2. The van der Waals surface area contributed by atoms with Crippen molar-refractivity contribution in [3.8, 4) is 51.5 Å². The second-order valence-corrected chi connectivity index (χ2v) is 15.6. The molecule has 3 aromatic heterocycles. The maximum Gasteiger partial charge on any atom is 0.101 e. The first-order chi connectivity index (χ1) is 30.2. The molecule has 0 aliphatic heterocycles. The fraction of sp³-hybridized carbons (Fsp3) is 0. The molecule has 5 heteroatoms. The molecule has 0 spiro atoms. The van der Waals surface area contributed by atoms with Crippen molar-refractivity contribution in [3.05, 3.63) is 211 Å². The van der Waals surface area contributed by atoms with Crippen LogP contribution in [0, 0.1) is 22.7 Å². The predicted octanol–water partition coefficient (Wildman–Crippen LogP) is 14.1. The van der Waals surface area contributed by atoms with E-state index in [-0.39, 0.29) is 0 Å². The van der Waals surface area contributed by atoms with Crippen LogP contribution >= 0.6 is 0 Å². The molecule has 12 rings (SSSR count). The molecule has 5 nitrogen and oxygen atoms in total. The standard InChI is InChI=1S/C56H33N5/c57-34-38-23-22-37(30-39(38)35-58)43-27-24-40(31-48(43)36-12-2-1-3-13-36)61-55-28-25-41(59-51-18-8-4-14-44(51)45-15-5-9-19-52(45)59)32-49(55)50-33-42(26-29-56(50)61)60-53-20-10-6-16-46(53)47-17-7-11-21-54(47)60/h1-33H. The van der Waals surface area contributed by atoms with Crippen molar-refractivity contribution in [1.29, 1.82) is 10.5 Å². The Balaban J connectivity index is 1.15. The normalized spacial score (nSPS) is 11.6. The van der Waals surface area contributed by atoms with E-state index in [1.54, 1.807) is 6.07 Å². The predicted molar refractivity (Wildman–Crippen MR) is 250 cm³/mol. The van der Waals surface area contributed by atoms with Crippen LogP contribution in [0.25, 0.3) is 105 Å². The van der Waals surface area contributed by atoms with Crippen LogP contribution in [0.1, 0.15) is 11.1 Å². The SMILES string of the molecule is N#Cc1ccc(-c2ccc(-n3c4ccc(-n5c6ccccc6c6ccccc65)cc4c4cc(-n5c6ccccc6c6ccccc65)ccc43)cc2-c2ccccc2)cc1C#N. The van der Waals surface area contributed by atoms with E-state index in [4.69, 9.17) is 0 Å². The van der Waals surface area contributed by atoms with Gasteiger partial charge in [-0.2, -0.15) is 10.5 Å². The van der Waals surface area contributed by atoms with Crippen molar-refractivity contribution in [2.75, 3.05) is 0 Å². The Hall–Kier alpha value is -8.64. The van der Waals surface area contributed by atoms with Gasteiger partial charge in [0.15, 0.2) is 0 Å². The molecule has 0 atom stereocenters. The van der Waals surface area contributed by atoms with E-state index in [2.05, 4.69) is 202 Å². The van der Waals surface area contributed by atoms with E-state index in [0.29, 0.717) is 11.1 Å². The van der Waals surface area contributed by atoms with Gasteiger partial charge in [0.05, 0.1) is 44.2 Å². The molecule has 0 saturated heterocycles. The van der Waals surface area contributed by atoms with Crippen LogP contribution in [-0.2, 0) is 0 Å². The Bertz CT molecular complexity index is 3570. The lowest BCUT2D eigenvalue weighted by atomic mass is 9.92. The van der Waals surface area contributed by atoms with Crippen molar-refractivity contribution < 1.29 is 0 Å². The van der Waals surface area contributed by atoms with Gasteiger partial charge in [0.2, 0.25) is 0 Å². The number of rotatable bonds is 5. The monoisotopic (exact) mass is 775 g/mol. The lowest BCUT2D eigenvalue weighted by Crippen LogP contribution is -1.98. The Morgan fingerprint density at radius 1 is 0.279 bits per heavy atom. The second-order valence-electron chi connectivity index (χ2n) is 15.6. The van der Waals surface area contributed by atoms with Crippen LogP contribution < -0.4 is 0 Å².